The van der Waals surface area contributed by atoms with Crippen molar-refractivity contribution >= 4 is 23.6 Å². The van der Waals surface area contributed by atoms with Crippen LogP contribution in [0.3, 0.4) is 0 Å². The Bertz CT molecular complexity index is 1270. The first-order valence-electron chi connectivity index (χ1n) is 13.8. The van der Waals surface area contributed by atoms with Gasteiger partial charge in [0.05, 0.1) is 12.2 Å². The molecule has 2 aromatic carbocycles. The topological polar surface area (TPSA) is 131 Å². The summed E-state index contributed by atoms with van der Waals surface area (Å²) in [7, 11) is 0. The Labute approximate surface area is 235 Å². The third-order valence-electron chi connectivity index (χ3n) is 7.38. The molecule has 1 fully saturated rings. The number of fused-ring (bicyclic) bond motifs is 1. The van der Waals surface area contributed by atoms with Crippen LogP contribution in [0.15, 0.2) is 42.5 Å². The van der Waals surface area contributed by atoms with E-state index in [-0.39, 0.29) is 54.5 Å². The van der Waals surface area contributed by atoms with Crippen molar-refractivity contribution in [3.8, 4) is 11.5 Å². The molecule has 10 nitrogen and oxygen atoms in total. The number of phenols is 2. The van der Waals surface area contributed by atoms with Gasteiger partial charge >= 0.3 is 6.09 Å². The average molecular weight is 553 g/mol. The van der Waals surface area contributed by atoms with Crippen molar-refractivity contribution in [2.24, 2.45) is 0 Å². The largest absolute Gasteiger partial charge is 0.508 e. The molecule has 2 aliphatic rings. The van der Waals surface area contributed by atoms with Crippen LogP contribution in [-0.4, -0.2) is 75.2 Å². The maximum absolute atomic E-state index is 13.8. The predicted octanol–water partition coefficient (Wildman–Crippen LogP) is 3.71. The van der Waals surface area contributed by atoms with Gasteiger partial charge in [-0.15, -0.1) is 0 Å². The standard InChI is InChI=1S/C30H40N4O6/c1-19(2)34(18-26(37)31-21-11-13-33(14-12-21)28(39)40-29(3,4)5)30(17-20-7-6-8-22(35)15-20)24-10-9-23(36)16-25(24)32-27(30)38/h6-10,15-16,19,21,35-36H,11-14,17-18H2,1-5H3,(H,31,37)(H,32,38). The third kappa shape index (κ3) is 6.33. The highest BCUT2D eigenvalue weighted by Gasteiger charge is 2.52. The number of benzene rings is 2. The molecule has 2 aromatic rings. The lowest BCUT2D eigenvalue weighted by atomic mass is 9.82. The molecule has 0 radical (unpaired) electrons. The Balaban J connectivity index is 1.54. The molecule has 3 amide bonds. The van der Waals surface area contributed by atoms with E-state index in [2.05, 4.69) is 10.6 Å². The Morgan fingerprint density at radius 2 is 1.80 bits per heavy atom. The molecule has 216 valence electrons. The van der Waals surface area contributed by atoms with E-state index in [1.54, 1.807) is 29.2 Å². The highest BCUT2D eigenvalue weighted by atomic mass is 16.6. The zero-order valence-corrected chi connectivity index (χ0v) is 23.9. The summed E-state index contributed by atoms with van der Waals surface area (Å²) in [6, 6.07) is 11.2. The summed E-state index contributed by atoms with van der Waals surface area (Å²) in [6.07, 6.45) is 1.06. The molecular formula is C30H40N4O6. The van der Waals surface area contributed by atoms with Gasteiger partial charge in [0.1, 0.15) is 22.6 Å². The summed E-state index contributed by atoms with van der Waals surface area (Å²) >= 11 is 0. The van der Waals surface area contributed by atoms with Gasteiger partial charge in [-0.1, -0.05) is 18.2 Å². The summed E-state index contributed by atoms with van der Waals surface area (Å²) in [4.78, 5) is 43.2. The van der Waals surface area contributed by atoms with Gasteiger partial charge < -0.3 is 30.5 Å². The zero-order chi connectivity index (χ0) is 29.2. The smallest absolute Gasteiger partial charge is 0.410 e. The van der Waals surface area contributed by atoms with Gasteiger partial charge in [0, 0.05) is 43.2 Å². The number of carbonyl (C=O) groups excluding carboxylic acids is 3. The number of ether oxygens (including phenoxy) is 1. The number of rotatable bonds is 7. The monoisotopic (exact) mass is 552 g/mol. The van der Waals surface area contributed by atoms with Crippen molar-refractivity contribution in [3.05, 3.63) is 53.6 Å². The number of piperidine rings is 1. The van der Waals surface area contributed by atoms with E-state index in [9.17, 15) is 24.6 Å². The van der Waals surface area contributed by atoms with E-state index in [4.69, 9.17) is 4.74 Å². The number of hydrogen-bond acceptors (Lipinski definition) is 7. The SMILES string of the molecule is CC(C)N(CC(=O)NC1CCN(C(=O)OC(C)(C)C)CC1)C1(Cc2cccc(O)c2)C(=O)Nc2cc(O)ccc21. The number of phenolic OH excluding ortho intramolecular Hbond substituents is 2. The van der Waals surface area contributed by atoms with Crippen LogP contribution >= 0.6 is 0 Å². The molecule has 40 heavy (non-hydrogen) atoms. The molecule has 1 atom stereocenters. The average Bonchev–Trinajstić information content (AvgIpc) is 3.12. The first-order chi connectivity index (χ1) is 18.8. The van der Waals surface area contributed by atoms with Gasteiger partial charge in [-0.2, -0.15) is 0 Å². The minimum absolute atomic E-state index is 0.0266. The van der Waals surface area contributed by atoms with Gasteiger partial charge in [0.2, 0.25) is 11.8 Å². The fraction of sp³-hybridized carbons (Fsp3) is 0.500. The number of aromatic hydroxyl groups is 2. The third-order valence-corrected chi connectivity index (χ3v) is 7.38. The minimum atomic E-state index is -1.25. The number of hydrogen-bond donors (Lipinski definition) is 4. The number of anilines is 1. The van der Waals surface area contributed by atoms with Crippen LogP contribution in [0, 0.1) is 0 Å². The lowest BCUT2D eigenvalue weighted by molar-refractivity contribution is -0.134. The van der Waals surface area contributed by atoms with Crippen molar-refractivity contribution in [3.63, 3.8) is 0 Å². The molecule has 4 rings (SSSR count). The van der Waals surface area contributed by atoms with Gasteiger partial charge in [-0.25, -0.2) is 4.79 Å². The lowest BCUT2D eigenvalue weighted by Gasteiger charge is -2.42. The number of amides is 3. The van der Waals surface area contributed by atoms with Crippen LogP contribution in [0.5, 0.6) is 11.5 Å². The quantitative estimate of drug-likeness (QED) is 0.412. The number of carbonyl (C=O) groups is 3. The number of likely N-dealkylation sites (tertiary alicyclic amines) is 1. The Morgan fingerprint density at radius 1 is 1.12 bits per heavy atom. The van der Waals surface area contributed by atoms with Crippen molar-refractivity contribution in [2.45, 2.75) is 77.1 Å². The molecule has 2 heterocycles. The summed E-state index contributed by atoms with van der Waals surface area (Å²) in [6.45, 7) is 10.3. The van der Waals surface area contributed by atoms with E-state index >= 15 is 0 Å². The van der Waals surface area contributed by atoms with Gasteiger partial charge in [0.25, 0.3) is 0 Å². The van der Waals surface area contributed by atoms with Crippen LogP contribution in [0.2, 0.25) is 0 Å². The highest BCUT2D eigenvalue weighted by molar-refractivity contribution is 6.06. The fourth-order valence-electron chi connectivity index (χ4n) is 5.59. The minimum Gasteiger partial charge on any atom is -0.508 e. The number of nitrogens with zero attached hydrogens (tertiary/aromatic N) is 2. The predicted molar refractivity (Wildman–Crippen MR) is 151 cm³/mol. The first-order valence-corrected chi connectivity index (χ1v) is 13.8. The zero-order valence-electron chi connectivity index (χ0n) is 23.9. The molecular weight excluding hydrogens is 512 g/mol. The molecule has 1 unspecified atom stereocenters. The molecule has 0 aliphatic carbocycles. The van der Waals surface area contributed by atoms with E-state index < -0.39 is 11.1 Å². The second kappa shape index (κ2) is 11.4. The maximum atomic E-state index is 13.8. The molecule has 4 N–H and O–H groups in total. The van der Waals surface area contributed by atoms with E-state index in [0.29, 0.717) is 37.2 Å². The second-order valence-electron chi connectivity index (χ2n) is 11.9. The van der Waals surface area contributed by atoms with Gasteiger partial charge in [-0.3, -0.25) is 14.5 Å². The van der Waals surface area contributed by atoms with E-state index in [0.717, 1.165) is 5.56 Å². The summed E-state index contributed by atoms with van der Waals surface area (Å²) in [5.41, 5.74) is 0.0663. The van der Waals surface area contributed by atoms with Crippen molar-refractivity contribution in [1.82, 2.24) is 15.1 Å². The van der Waals surface area contributed by atoms with Crippen molar-refractivity contribution in [1.29, 1.82) is 0 Å². The molecule has 0 saturated carbocycles. The van der Waals surface area contributed by atoms with E-state index in [1.807, 2.05) is 45.6 Å². The number of nitrogens with one attached hydrogen (secondary N) is 2. The van der Waals surface area contributed by atoms with Gasteiger partial charge in [-0.05, 0) is 71.2 Å². The summed E-state index contributed by atoms with van der Waals surface area (Å²) in [5.74, 6) is -0.411. The lowest BCUT2D eigenvalue weighted by Crippen LogP contribution is -2.59. The van der Waals surface area contributed by atoms with Crippen LogP contribution in [0.1, 0.15) is 58.6 Å². The highest BCUT2D eigenvalue weighted by Crippen LogP contribution is 2.45. The van der Waals surface area contributed by atoms with E-state index in [1.165, 1.54) is 12.1 Å². The van der Waals surface area contributed by atoms with Crippen LogP contribution in [0.25, 0.3) is 0 Å². The van der Waals surface area contributed by atoms with Crippen LogP contribution in [0.4, 0.5) is 10.5 Å². The fourth-order valence-corrected chi connectivity index (χ4v) is 5.59. The molecule has 10 heteroatoms. The van der Waals surface area contributed by atoms with Gasteiger partial charge in [0.15, 0.2) is 0 Å². The van der Waals surface area contributed by atoms with Crippen LogP contribution in [-0.2, 0) is 26.3 Å². The van der Waals surface area contributed by atoms with Crippen molar-refractivity contribution < 1.29 is 29.3 Å². The summed E-state index contributed by atoms with van der Waals surface area (Å²) in [5, 5.41) is 26.2. The molecule has 1 saturated heterocycles. The van der Waals surface area contributed by atoms with Crippen LogP contribution < -0.4 is 10.6 Å². The maximum Gasteiger partial charge on any atom is 0.410 e. The second-order valence-corrected chi connectivity index (χ2v) is 11.9. The molecule has 0 aromatic heterocycles. The molecule has 2 aliphatic heterocycles. The Morgan fingerprint density at radius 3 is 2.42 bits per heavy atom. The van der Waals surface area contributed by atoms with Crippen molar-refractivity contribution in [2.75, 3.05) is 25.0 Å². The molecule has 0 spiro atoms. The Hall–Kier alpha value is -3.79. The Kier molecular flexibility index (Phi) is 8.30. The normalized spacial score (nSPS) is 19.5. The first kappa shape index (κ1) is 29.2. The molecule has 0 bridgehead atoms. The summed E-state index contributed by atoms with van der Waals surface area (Å²) < 4.78 is 5.47.